The van der Waals surface area contributed by atoms with Crippen molar-refractivity contribution >= 4 is 17.5 Å². The molecule has 7 heteroatoms. The minimum absolute atomic E-state index is 0.0912. The van der Waals surface area contributed by atoms with Crippen LogP contribution in [0.2, 0.25) is 0 Å². The molecule has 4 rings (SSSR count). The summed E-state index contributed by atoms with van der Waals surface area (Å²) in [6, 6.07) is 10.1. The van der Waals surface area contributed by atoms with E-state index in [0.717, 1.165) is 63.9 Å². The van der Waals surface area contributed by atoms with E-state index < -0.39 is 0 Å². The predicted molar refractivity (Wildman–Crippen MR) is 113 cm³/mol. The molecule has 2 aliphatic heterocycles. The van der Waals surface area contributed by atoms with Gasteiger partial charge in [0, 0.05) is 45.7 Å². The average molecular weight is 396 g/mol. The molecule has 0 atom stereocenters. The van der Waals surface area contributed by atoms with Gasteiger partial charge in [0.25, 0.3) is 0 Å². The van der Waals surface area contributed by atoms with E-state index in [1.165, 1.54) is 5.56 Å². The molecule has 2 aliphatic rings. The molecule has 0 saturated carbocycles. The molecule has 0 unspecified atom stereocenters. The maximum absolute atomic E-state index is 12.8. The van der Waals surface area contributed by atoms with E-state index in [1.54, 1.807) is 0 Å². The van der Waals surface area contributed by atoms with Crippen molar-refractivity contribution in [1.82, 2.24) is 14.9 Å². The lowest BCUT2D eigenvalue weighted by atomic mass is 9.95. The summed E-state index contributed by atoms with van der Waals surface area (Å²) in [7, 11) is 1.90. The van der Waals surface area contributed by atoms with Gasteiger partial charge in [-0.25, -0.2) is 9.97 Å². The molecule has 2 fully saturated rings. The highest BCUT2D eigenvalue weighted by atomic mass is 16.5. The van der Waals surface area contributed by atoms with Gasteiger partial charge in [-0.15, -0.1) is 0 Å². The van der Waals surface area contributed by atoms with Gasteiger partial charge in [0.15, 0.2) is 0 Å². The Morgan fingerprint density at radius 3 is 2.34 bits per heavy atom. The fourth-order valence-electron chi connectivity index (χ4n) is 4.04. The van der Waals surface area contributed by atoms with Crippen molar-refractivity contribution < 1.29 is 9.53 Å². The molecule has 29 heavy (non-hydrogen) atoms. The fraction of sp³-hybridized carbons (Fsp3) is 0.500. The van der Waals surface area contributed by atoms with E-state index in [1.807, 2.05) is 42.5 Å². The highest BCUT2D eigenvalue weighted by Crippen LogP contribution is 2.25. The highest BCUT2D eigenvalue weighted by molar-refractivity contribution is 5.79. The van der Waals surface area contributed by atoms with Crippen LogP contribution < -0.4 is 9.80 Å². The molecule has 3 heterocycles. The second-order valence-electron chi connectivity index (χ2n) is 7.78. The Kier molecular flexibility index (Phi) is 6.24. The summed E-state index contributed by atoms with van der Waals surface area (Å²) < 4.78 is 5.38. The van der Waals surface area contributed by atoms with Gasteiger partial charge in [-0.2, -0.15) is 0 Å². The smallest absolute Gasteiger partial charge is 0.225 e. The van der Waals surface area contributed by atoms with Crippen LogP contribution in [-0.4, -0.2) is 67.2 Å². The number of hydrogen-bond acceptors (Lipinski definition) is 6. The zero-order chi connectivity index (χ0) is 20.1. The number of benzene rings is 1. The fourth-order valence-corrected chi connectivity index (χ4v) is 4.04. The van der Waals surface area contributed by atoms with E-state index >= 15 is 0 Å². The Labute approximate surface area is 172 Å². The van der Waals surface area contributed by atoms with E-state index in [-0.39, 0.29) is 11.8 Å². The van der Waals surface area contributed by atoms with Crippen LogP contribution in [-0.2, 0) is 16.1 Å². The zero-order valence-corrected chi connectivity index (χ0v) is 17.0. The third kappa shape index (κ3) is 4.85. The van der Waals surface area contributed by atoms with Crippen molar-refractivity contribution in [2.45, 2.75) is 19.4 Å². The molecule has 2 saturated heterocycles. The van der Waals surface area contributed by atoms with Crippen molar-refractivity contribution in [3.63, 3.8) is 0 Å². The number of amides is 1. The first-order valence-electron chi connectivity index (χ1n) is 10.4. The Balaban J connectivity index is 1.29. The summed E-state index contributed by atoms with van der Waals surface area (Å²) >= 11 is 0. The molecular weight excluding hydrogens is 366 g/mol. The van der Waals surface area contributed by atoms with Gasteiger partial charge in [-0.05, 0) is 18.4 Å². The minimum Gasteiger partial charge on any atom is -0.378 e. The Morgan fingerprint density at radius 2 is 1.69 bits per heavy atom. The van der Waals surface area contributed by atoms with Gasteiger partial charge in [0.05, 0.1) is 31.3 Å². The standard InChI is InChI=1S/C22H29N5O2/c1-25(17-18-5-3-2-4-6-18)21(28)19-7-9-26(10-8-19)20-15-23-22(24-16-20)27-11-13-29-14-12-27/h2-6,15-16,19H,7-14,17H2,1H3. The lowest BCUT2D eigenvalue weighted by molar-refractivity contribution is -0.135. The van der Waals surface area contributed by atoms with Crippen LogP contribution >= 0.6 is 0 Å². The molecule has 1 amide bonds. The first-order valence-corrected chi connectivity index (χ1v) is 10.4. The number of anilines is 2. The molecule has 0 spiro atoms. The number of piperidine rings is 1. The topological polar surface area (TPSA) is 61.8 Å². The monoisotopic (exact) mass is 395 g/mol. The molecule has 0 aliphatic carbocycles. The molecule has 0 N–H and O–H groups in total. The van der Waals surface area contributed by atoms with Gasteiger partial charge >= 0.3 is 0 Å². The quantitative estimate of drug-likeness (QED) is 0.773. The number of carbonyl (C=O) groups is 1. The molecular formula is C22H29N5O2. The first kappa shape index (κ1) is 19.6. The second kappa shape index (κ2) is 9.22. The van der Waals surface area contributed by atoms with Crippen molar-refractivity contribution in [3.05, 3.63) is 48.3 Å². The number of ether oxygens (including phenoxy) is 1. The molecule has 0 bridgehead atoms. The first-order chi connectivity index (χ1) is 14.2. The Bertz CT molecular complexity index is 785. The van der Waals surface area contributed by atoms with Gasteiger partial charge in [-0.3, -0.25) is 4.79 Å². The molecule has 7 nitrogen and oxygen atoms in total. The number of nitrogens with zero attached hydrogens (tertiary/aromatic N) is 5. The number of aromatic nitrogens is 2. The van der Waals surface area contributed by atoms with Crippen molar-refractivity contribution in [2.75, 3.05) is 56.2 Å². The van der Waals surface area contributed by atoms with Crippen LogP contribution in [0.25, 0.3) is 0 Å². The molecule has 154 valence electrons. The maximum atomic E-state index is 12.8. The van der Waals surface area contributed by atoms with Gasteiger partial charge in [0.1, 0.15) is 0 Å². The zero-order valence-electron chi connectivity index (χ0n) is 17.0. The molecule has 0 radical (unpaired) electrons. The predicted octanol–water partition coefficient (Wildman–Crippen LogP) is 2.19. The molecule has 1 aromatic heterocycles. The minimum atomic E-state index is 0.0912. The van der Waals surface area contributed by atoms with E-state index in [9.17, 15) is 4.79 Å². The van der Waals surface area contributed by atoms with Crippen LogP contribution in [0.3, 0.4) is 0 Å². The summed E-state index contributed by atoms with van der Waals surface area (Å²) in [6.07, 6.45) is 5.54. The van der Waals surface area contributed by atoms with Gasteiger partial charge < -0.3 is 19.4 Å². The second-order valence-corrected chi connectivity index (χ2v) is 7.78. The molecule has 1 aromatic carbocycles. The Hall–Kier alpha value is -2.67. The van der Waals surface area contributed by atoms with E-state index in [0.29, 0.717) is 6.54 Å². The van der Waals surface area contributed by atoms with Crippen LogP contribution in [0, 0.1) is 5.92 Å². The normalized spacial score (nSPS) is 18.0. The van der Waals surface area contributed by atoms with Gasteiger partial charge in [0.2, 0.25) is 11.9 Å². The van der Waals surface area contributed by atoms with Gasteiger partial charge in [-0.1, -0.05) is 30.3 Å². The summed E-state index contributed by atoms with van der Waals surface area (Å²) in [5.41, 5.74) is 2.20. The summed E-state index contributed by atoms with van der Waals surface area (Å²) in [4.78, 5) is 28.2. The summed E-state index contributed by atoms with van der Waals surface area (Å²) in [5.74, 6) is 1.10. The van der Waals surface area contributed by atoms with Crippen molar-refractivity contribution in [3.8, 4) is 0 Å². The maximum Gasteiger partial charge on any atom is 0.225 e. The lowest BCUT2D eigenvalue weighted by Crippen LogP contribution is -2.41. The van der Waals surface area contributed by atoms with E-state index in [2.05, 4.69) is 31.9 Å². The summed E-state index contributed by atoms with van der Waals surface area (Å²) in [5, 5.41) is 0. The number of rotatable bonds is 5. The highest BCUT2D eigenvalue weighted by Gasteiger charge is 2.27. The number of morpholine rings is 1. The summed E-state index contributed by atoms with van der Waals surface area (Å²) in [6.45, 7) is 5.51. The lowest BCUT2D eigenvalue weighted by Gasteiger charge is -2.34. The Morgan fingerprint density at radius 1 is 1.03 bits per heavy atom. The third-order valence-electron chi connectivity index (χ3n) is 5.77. The van der Waals surface area contributed by atoms with Crippen molar-refractivity contribution in [2.24, 2.45) is 5.92 Å². The van der Waals surface area contributed by atoms with Crippen LogP contribution in [0.15, 0.2) is 42.7 Å². The van der Waals surface area contributed by atoms with E-state index in [4.69, 9.17) is 4.74 Å². The number of hydrogen-bond donors (Lipinski definition) is 0. The SMILES string of the molecule is CN(Cc1ccccc1)C(=O)C1CCN(c2cnc(N3CCOCC3)nc2)CC1. The van der Waals surface area contributed by atoms with Crippen LogP contribution in [0.1, 0.15) is 18.4 Å². The largest absolute Gasteiger partial charge is 0.378 e. The van der Waals surface area contributed by atoms with Crippen molar-refractivity contribution in [1.29, 1.82) is 0 Å². The average Bonchev–Trinajstić information content (AvgIpc) is 2.80. The third-order valence-corrected chi connectivity index (χ3v) is 5.77. The number of carbonyl (C=O) groups excluding carboxylic acids is 1. The van der Waals surface area contributed by atoms with Crippen LogP contribution in [0.4, 0.5) is 11.6 Å². The van der Waals surface area contributed by atoms with Crippen LogP contribution in [0.5, 0.6) is 0 Å². The molecule has 2 aromatic rings.